The summed E-state index contributed by atoms with van der Waals surface area (Å²) < 4.78 is 5.48. The molecular formula is C16H26N4O2S. The Morgan fingerprint density at radius 1 is 1.30 bits per heavy atom. The second-order valence-electron chi connectivity index (χ2n) is 7.68. The molecule has 3 rings (SSSR count). The summed E-state index contributed by atoms with van der Waals surface area (Å²) >= 11 is 1.55. The van der Waals surface area contributed by atoms with Crippen LogP contribution in [0, 0.1) is 5.41 Å². The number of carbonyl (C=O) groups is 1. The van der Waals surface area contributed by atoms with Gasteiger partial charge in [0.25, 0.3) is 0 Å². The lowest BCUT2D eigenvalue weighted by molar-refractivity contribution is 0.0122. The third-order valence-corrected chi connectivity index (χ3v) is 5.62. The summed E-state index contributed by atoms with van der Waals surface area (Å²) in [6.45, 7) is 9.38. The maximum atomic E-state index is 12.2. The second-order valence-corrected chi connectivity index (χ2v) is 8.72. The van der Waals surface area contributed by atoms with Gasteiger partial charge in [-0.2, -0.15) is 0 Å². The number of hydrogen-bond donors (Lipinski definition) is 1. The first kappa shape index (κ1) is 16.4. The molecule has 6 nitrogen and oxygen atoms in total. The number of nitrogens with zero attached hydrogens (tertiary/aromatic N) is 3. The van der Waals surface area contributed by atoms with Gasteiger partial charge in [-0.05, 0) is 45.4 Å². The molecule has 2 aliphatic heterocycles. The fourth-order valence-corrected chi connectivity index (χ4v) is 4.16. The van der Waals surface area contributed by atoms with Gasteiger partial charge in [0.15, 0.2) is 5.13 Å². The van der Waals surface area contributed by atoms with Crippen LogP contribution in [0.25, 0.3) is 0 Å². The van der Waals surface area contributed by atoms with E-state index in [2.05, 4.69) is 9.88 Å². The van der Waals surface area contributed by atoms with Crippen molar-refractivity contribution in [3.63, 3.8) is 0 Å². The lowest BCUT2D eigenvalue weighted by atomic mass is 9.78. The predicted molar refractivity (Wildman–Crippen MR) is 92.8 cm³/mol. The smallest absolute Gasteiger partial charge is 0.410 e. The van der Waals surface area contributed by atoms with Crippen molar-refractivity contribution in [1.29, 1.82) is 0 Å². The molecule has 0 aromatic carbocycles. The van der Waals surface area contributed by atoms with E-state index in [4.69, 9.17) is 10.5 Å². The van der Waals surface area contributed by atoms with Gasteiger partial charge in [-0.25, -0.2) is 9.78 Å². The molecule has 7 heteroatoms. The van der Waals surface area contributed by atoms with E-state index < -0.39 is 5.60 Å². The van der Waals surface area contributed by atoms with Crippen molar-refractivity contribution in [3.05, 3.63) is 6.20 Å². The molecule has 0 aliphatic carbocycles. The van der Waals surface area contributed by atoms with Gasteiger partial charge in [-0.1, -0.05) is 11.3 Å². The summed E-state index contributed by atoms with van der Waals surface area (Å²) in [5.41, 5.74) is 5.63. The highest BCUT2D eigenvalue weighted by atomic mass is 32.1. The molecule has 0 radical (unpaired) electrons. The van der Waals surface area contributed by atoms with E-state index in [0.717, 1.165) is 44.0 Å². The summed E-state index contributed by atoms with van der Waals surface area (Å²) in [4.78, 5) is 20.6. The molecule has 128 valence electrons. The minimum absolute atomic E-state index is 0.183. The van der Waals surface area contributed by atoms with Gasteiger partial charge >= 0.3 is 6.09 Å². The first-order valence-electron chi connectivity index (χ1n) is 8.21. The van der Waals surface area contributed by atoms with Crippen LogP contribution in [0.15, 0.2) is 6.20 Å². The summed E-state index contributed by atoms with van der Waals surface area (Å²) in [7, 11) is 0. The molecule has 23 heavy (non-hydrogen) atoms. The number of carbonyl (C=O) groups excluding carboxylic acids is 1. The van der Waals surface area contributed by atoms with E-state index in [9.17, 15) is 4.79 Å². The van der Waals surface area contributed by atoms with E-state index >= 15 is 0 Å². The average Bonchev–Trinajstić information content (AvgIpc) is 3.05. The number of hydrogen-bond acceptors (Lipinski definition) is 6. The van der Waals surface area contributed by atoms with Crippen molar-refractivity contribution in [2.45, 2.75) is 45.6 Å². The van der Waals surface area contributed by atoms with Gasteiger partial charge in [-0.3, -0.25) is 0 Å². The predicted octanol–water partition coefficient (Wildman–Crippen LogP) is 2.95. The second kappa shape index (κ2) is 5.85. The Labute approximate surface area is 141 Å². The first-order chi connectivity index (χ1) is 10.8. The molecule has 2 aliphatic rings. The van der Waals surface area contributed by atoms with Gasteiger partial charge in [0.05, 0.1) is 6.20 Å². The zero-order valence-corrected chi connectivity index (χ0v) is 15.0. The normalized spacial score (nSPS) is 21.0. The Bertz CT molecular complexity index is 573. The van der Waals surface area contributed by atoms with E-state index in [0.29, 0.717) is 10.5 Å². The van der Waals surface area contributed by atoms with Crippen molar-refractivity contribution in [2.24, 2.45) is 5.41 Å². The number of thiazole rings is 1. The van der Waals surface area contributed by atoms with E-state index in [1.165, 1.54) is 6.42 Å². The molecule has 3 heterocycles. The van der Waals surface area contributed by atoms with Crippen molar-refractivity contribution in [2.75, 3.05) is 36.8 Å². The Kier molecular flexibility index (Phi) is 4.16. The topological polar surface area (TPSA) is 71.7 Å². The van der Waals surface area contributed by atoms with Crippen LogP contribution in [0.4, 0.5) is 14.9 Å². The van der Waals surface area contributed by atoms with Crippen LogP contribution in [-0.4, -0.2) is 47.8 Å². The molecule has 1 aromatic rings. The molecule has 2 saturated heterocycles. The number of piperidine rings is 1. The number of nitrogens with two attached hydrogens (primary N) is 1. The van der Waals surface area contributed by atoms with Crippen molar-refractivity contribution in [3.8, 4) is 0 Å². The maximum Gasteiger partial charge on any atom is 0.410 e. The highest BCUT2D eigenvalue weighted by molar-refractivity contribution is 7.19. The van der Waals surface area contributed by atoms with Crippen LogP contribution in [0.2, 0.25) is 0 Å². The molecule has 2 fully saturated rings. The molecule has 1 spiro atoms. The van der Waals surface area contributed by atoms with Gasteiger partial charge in [0, 0.05) is 26.2 Å². The molecule has 0 bridgehead atoms. The lowest BCUT2D eigenvalue weighted by Crippen LogP contribution is -2.46. The Balaban J connectivity index is 1.56. The van der Waals surface area contributed by atoms with Crippen molar-refractivity contribution < 1.29 is 9.53 Å². The average molecular weight is 338 g/mol. The molecule has 1 aromatic heterocycles. The third-order valence-electron chi connectivity index (χ3n) is 4.74. The van der Waals surface area contributed by atoms with Crippen LogP contribution in [0.5, 0.6) is 0 Å². The molecular weight excluding hydrogens is 312 g/mol. The number of rotatable bonds is 1. The molecule has 1 amide bonds. The number of likely N-dealkylation sites (tertiary alicyclic amines) is 1. The maximum absolute atomic E-state index is 12.2. The quantitative estimate of drug-likeness (QED) is 0.852. The number of aromatic nitrogens is 1. The number of anilines is 2. The van der Waals surface area contributed by atoms with Gasteiger partial charge < -0.3 is 20.3 Å². The number of amides is 1. The fraction of sp³-hybridized carbons (Fsp3) is 0.750. The SMILES string of the molecule is CC(C)(C)OC(=O)N1CCC2(CC1)CCN(c1cnc(N)s1)C2. The zero-order chi connectivity index (χ0) is 16.7. The molecule has 0 unspecified atom stereocenters. The summed E-state index contributed by atoms with van der Waals surface area (Å²) in [6, 6.07) is 0. The summed E-state index contributed by atoms with van der Waals surface area (Å²) in [5, 5.41) is 1.79. The van der Waals surface area contributed by atoms with Crippen LogP contribution < -0.4 is 10.6 Å². The van der Waals surface area contributed by atoms with Gasteiger partial charge in [0.1, 0.15) is 10.6 Å². The van der Waals surface area contributed by atoms with Gasteiger partial charge in [0.2, 0.25) is 0 Å². The van der Waals surface area contributed by atoms with E-state index in [1.54, 1.807) is 11.3 Å². The highest BCUT2D eigenvalue weighted by Crippen LogP contribution is 2.43. The minimum Gasteiger partial charge on any atom is -0.444 e. The Morgan fingerprint density at radius 2 is 1.96 bits per heavy atom. The van der Waals surface area contributed by atoms with Crippen LogP contribution in [0.1, 0.15) is 40.0 Å². The standard InChI is InChI=1S/C16H26N4O2S/c1-15(2,3)22-14(21)19-7-4-16(5-8-19)6-9-20(11-16)12-10-18-13(17)23-12/h10H,4-9,11H2,1-3H3,(H2,17,18). The van der Waals surface area contributed by atoms with Crippen LogP contribution in [0.3, 0.4) is 0 Å². The summed E-state index contributed by atoms with van der Waals surface area (Å²) in [6.07, 6.45) is 4.94. The van der Waals surface area contributed by atoms with Gasteiger partial charge in [-0.15, -0.1) is 0 Å². The van der Waals surface area contributed by atoms with E-state index in [1.807, 2.05) is 31.9 Å². The molecule has 0 saturated carbocycles. The minimum atomic E-state index is -0.428. The van der Waals surface area contributed by atoms with E-state index in [-0.39, 0.29) is 6.09 Å². The zero-order valence-electron chi connectivity index (χ0n) is 14.2. The largest absolute Gasteiger partial charge is 0.444 e. The number of ether oxygens (including phenoxy) is 1. The van der Waals surface area contributed by atoms with Crippen LogP contribution in [-0.2, 0) is 4.74 Å². The summed E-state index contributed by atoms with van der Waals surface area (Å²) in [5.74, 6) is 0. The fourth-order valence-electron chi connectivity index (χ4n) is 3.45. The number of nitrogen functional groups attached to an aromatic ring is 1. The Morgan fingerprint density at radius 3 is 2.52 bits per heavy atom. The Hall–Kier alpha value is -1.50. The van der Waals surface area contributed by atoms with Crippen molar-refractivity contribution >= 4 is 27.6 Å². The van der Waals surface area contributed by atoms with Crippen molar-refractivity contribution in [1.82, 2.24) is 9.88 Å². The highest BCUT2D eigenvalue weighted by Gasteiger charge is 2.42. The molecule has 0 atom stereocenters. The van der Waals surface area contributed by atoms with Crippen LogP contribution >= 0.6 is 11.3 Å². The molecule has 2 N–H and O–H groups in total. The first-order valence-corrected chi connectivity index (χ1v) is 9.02. The lowest BCUT2D eigenvalue weighted by Gasteiger charge is -2.39. The monoisotopic (exact) mass is 338 g/mol. The third kappa shape index (κ3) is 3.71.